The highest BCUT2D eigenvalue weighted by Gasteiger charge is 2.11. The summed E-state index contributed by atoms with van der Waals surface area (Å²) in [6.07, 6.45) is 1.75. The molecule has 4 aromatic rings. The average Bonchev–Trinajstić information content (AvgIpc) is 3.18. The van der Waals surface area contributed by atoms with E-state index in [0.717, 1.165) is 22.0 Å². The Kier molecular flexibility index (Phi) is 3.04. The molecule has 4 rings (SSSR count). The zero-order chi connectivity index (χ0) is 15.8. The van der Waals surface area contributed by atoms with Gasteiger partial charge in [0.05, 0.1) is 22.8 Å². The van der Waals surface area contributed by atoms with Crippen LogP contribution in [0.1, 0.15) is 15.9 Å². The molecular formula is C16H13N5O2. The quantitative estimate of drug-likeness (QED) is 0.586. The van der Waals surface area contributed by atoms with Crippen LogP contribution in [0.2, 0.25) is 0 Å². The normalized spacial score (nSPS) is 11.2. The maximum Gasteiger partial charge on any atom is 0.338 e. The molecule has 0 fully saturated rings. The van der Waals surface area contributed by atoms with E-state index in [0.29, 0.717) is 11.1 Å². The molecule has 2 heterocycles. The minimum absolute atomic E-state index is 0.201. The van der Waals surface area contributed by atoms with Crippen molar-refractivity contribution in [3.05, 3.63) is 53.7 Å². The molecule has 0 bridgehead atoms. The number of hydrogen-bond donors (Lipinski definition) is 1. The minimum Gasteiger partial charge on any atom is -0.457 e. The summed E-state index contributed by atoms with van der Waals surface area (Å²) >= 11 is 0. The molecule has 7 nitrogen and oxygen atoms in total. The van der Waals surface area contributed by atoms with Gasteiger partial charge in [-0.15, -0.1) is 5.10 Å². The third-order valence-electron chi connectivity index (χ3n) is 3.72. The van der Waals surface area contributed by atoms with Crippen molar-refractivity contribution in [1.29, 1.82) is 0 Å². The van der Waals surface area contributed by atoms with Crippen molar-refractivity contribution < 1.29 is 9.53 Å². The first-order valence-corrected chi connectivity index (χ1v) is 7.09. The first-order chi connectivity index (χ1) is 11.2. The summed E-state index contributed by atoms with van der Waals surface area (Å²) in [5.41, 5.74) is 3.81. The molecule has 0 atom stereocenters. The molecule has 0 aliphatic heterocycles. The summed E-state index contributed by atoms with van der Waals surface area (Å²) in [6, 6.07) is 11.0. The van der Waals surface area contributed by atoms with Crippen LogP contribution in [0.4, 0.5) is 0 Å². The van der Waals surface area contributed by atoms with Crippen LogP contribution < -0.4 is 0 Å². The molecular weight excluding hydrogens is 294 g/mol. The highest BCUT2D eigenvalue weighted by atomic mass is 16.5. The van der Waals surface area contributed by atoms with Gasteiger partial charge < -0.3 is 4.74 Å². The number of carbonyl (C=O) groups excluding carboxylic acids is 1. The van der Waals surface area contributed by atoms with E-state index in [9.17, 15) is 4.79 Å². The van der Waals surface area contributed by atoms with E-state index in [4.69, 9.17) is 4.74 Å². The molecule has 0 spiro atoms. The van der Waals surface area contributed by atoms with Gasteiger partial charge in [0, 0.05) is 12.4 Å². The summed E-state index contributed by atoms with van der Waals surface area (Å²) < 4.78 is 7.02. The second kappa shape index (κ2) is 5.20. The largest absolute Gasteiger partial charge is 0.457 e. The number of rotatable bonds is 3. The zero-order valence-corrected chi connectivity index (χ0v) is 12.4. The number of carbonyl (C=O) groups is 1. The van der Waals surface area contributed by atoms with Crippen LogP contribution in [-0.2, 0) is 18.4 Å². The van der Waals surface area contributed by atoms with Crippen LogP contribution in [0.25, 0.3) is 21.9 Å². The number of ether oxygens (including phenoxy) is 1. The van der Waals surface area contributed by atoms with Gasteiger partial charge in [-0.2, -0.15) is 5.10 Å². The molecule has 0 saturated heterocycles. The van der Waals surface area contributed by atoms with Crippen LogP contribution in [0.3, 0.4) is 0 Å². The Bertz CT molecular complexity index is 1020. The molecule has 1 N–H and O–H groups in total. The number of esters is 1. The predicted molar refractivity (Wildman–Crippen MR) is 83.7 cm³/mol. The van der Waals surface area contributed by atoms with E-state index >= 15 is 0 Å². The van der Waals surface area contributed by atoms with Crippen molar-refractivity contribution in [1.82, 2.24) is 25.2 Å². The van der Waals surface area contributed by atoms with Gasteiger partial charge in [0.2, 0.25) is 0 Å². The minimum atomic E-state index is -0.387. The Morgan fingerprint density at radius 3 is 3.09 bits per heavy atom. The van der Waals surface area contributed by atoms with Gasteiger partial charge in [-0.3, -0.25) is 5.10 Å². The molecule has 2 aromatic carbocycles. The Hall–Kier alpha value is -3.22. The Balaban J connectivity index is 1.51. The van der Waals surface area contributed by atoms with Gasteiger partial charge >= 0.3 is 5.97 Å². The summed E-state index contributed by atoms with van der Waals surface area (Å²) in [6.45, 7) is 0.201. The maximum absolute atomic E-state index is 12.2. The molecule has 0 radical (unpaired) electrons. The lowest BCUT2D eigenvalue weighted by Crippen LogP contribution is -2.05. The number of H-pyrrole nitrogens is 1. The van der Waals surface area contributed by atoms with E-state index < -0.39 is 0 Å². The van der Waals surface area contributed by atoms with Gasteiger partial charge in [0.25, 0.3) is 0 Å². The van der Waals surface area contributed by atoms with E-state index in [1.165, 1.54) is 0 Å². The lowest BCUT2D eigenvalue weighted by atomic mass is 10.2. The van der Waals surface area contributed by atoms with E-state index in [2.05, 4.69) is 20.5 Å². The Morgan fingerprint density at radius 1 is 1.26 bits per heavy atom. The van der Waals surface area contributed by atoms with Gasteiger partial charge in [0.1, 0.15) is 12.1 Å². The Morgan fingerprint density at radius 2 is 2.17 bits per heavy atom. The molecule has 2 aromatic heterocycles. The van der Waals surface area contributed by atoms with Crippen LogP contribution >= 0.6 is 0 Å². The van der Waals surface area contributed by atoms with Crippen molar-refractivity contribution in [2.45, 2.75) is 6.61 Å². The number of fused-ring (bicyclic) bond motifs is 2. The highest BCUT2D eigenvalue weighted by Crippen LogP contribution is 2.16. The van der Waals surface area contributed by atoms with Crippen LogP contribution in [-0.4, -0.2) is 31.2 Å². The molecule has 0 amide bonds. The third kappa shape index (κ3) is 2.42. The number of aromatic amines is 1. The highest BCUT2D eigenvalue weighted by molar-refractivity contribution is 5.93. The van der Waals surface area contributed by atoms with E-state index in [1.807, 2.05) is 24.3 Å². The summed E-state index contributed by atoms with van der Waals surface area (Å²) in [7, 11) is 1.80. The average molecular weight is 307 g/mol. The third-order valence-corrected chi connectivity index (χ3v) is 3.72. The van der Waals surface area contributed by atoms with Crippen LogP contribution in [0.15, 0.2) is 42.6 Å². The summed E-state index contributed by atoms with van der Waals surface area (Å²) in [5, 5.41) is 15.8. The number of hydrogen-bond acceptors (Lipinski definition) is 5. The first kappa shape index (κ1) is 13.4. The number of nitrogens with one attached hydrogen (secondary N) is 1. The van der Waals surface area contributed by atoms with Gasteiger partial charge in [0.15, 0.2) is 0 Å². The van der Waals surface area contributed by atoms with Crippen LogP contribution in [0.5, 0.6) is 0 Å². The SMILES string of the molecule is Cn1nnc2cc(C(=O)OCc3ccc4cn[nH]c4c3)ccc21. The topological polar surface area (TPSA) is 85.7 Å². The zero-order valence-electron chi connectivity index (χ0n) is 12.4. The van der Waals surface area contributed by atoms with Crippen molar-refractivity contribution in [2.75, 3.05) is 0 Å². The molecule has 23 heavy (non-hydrogen) atoms. The molecule has 0 unspecified atom stereocenters. The number of nitrogens with zero attached hydrogens (tertiary/aromatic N) is 4. The van der Waals surface area contributed by atoms with Gasteiger partial charge in [-0.1, -0.05) is 17.3 Å². The second-order valence-corrected chi connectivity index (χ2v) is 5.28. The Labute approximate surface area is 130 Å². The number of benzene rings is 2. The standard InChI is InChI=1S/C16H13N5O2/c1-21-15-5-4-11(7-14(15)19-20-21)16(22)23-9-10-2-3-12-8-17-18-13(12)6-10/h2-8H,9H2,1H3,(H,17,18). The molecule has 7 heteroatoms. The van der Waals surface area contributed by atoms with Gasteiger partial charge in [-0.05, 0) is 29.8 Å². The lowest BCUT2D eigenvalue weighted by molar-refractivity contribution is 0.0473. The van der Waals surface area contributed by atoms with Crippen molar-refractivity contribution >= 4 is 27.9 Å². The van der Waals surface area contributed by atoms with Crippen LogP contribution in [0, 0.1) is 0 Å². The van der Waals surface area contributed by atoms with E-state index in [1.54, 1.807) is 30.1 Å². The summed E-state index contributed by atoms with van der Waals surface area (Å²) in [4.78, 5) is 12.2. The fourth-order valence-corrected chi connectivity index (χ4v) is 2.47. The summed E-state index contributed by atoms with van der Waals surface area (Å²) in [5.74, 6) is -0.387. The van der Waals surface area contributed by atoms with E-state index in [-0.39, 0.29) is 12.6 Å². The van der Waals surface area contributed by atoms with Crippen molar-refractivity contribution in [3.8, 4) is 0 Å². The lowest BCUT2D eigenvalue weighted by Gasteiger charge is -2.05. The number of aromatic nitrogens is 5. The molecule has 0 aliphatic rings. The first-order valence-electron chi connectivity index (χ1n) is 7.09. The van der Waals surface area contributed by atoms with Crippen molar-refractivity contribution in [3.63, 3.8) is 0 Å². The van der Waals surface area contributed by atoms with Gasteiger partial charge in [-0.25, -0.2) is 9.48 Å². The molecule has 0 aliphatic carbocycles. The maximum atomic E-state index is 12.2. The second-order valence-electron chi connectivity index (χ2n) is 5.28. The fourth-order valence-electron chi connectivity index (χ4n) is 2.47. The monoisotopic (exact) mass is 307 g/mol. The molecule has 114 valence electrons. The fraction of sp³-hybridized carbons (Fsp3) is 0.125. The molecule has 0 saturated carbocycles. The number of aryl methyl sites for hydroxylation is 1. The predicted octanol–water partition coefficient (Wildman–Crippen LogP) is 2.20. The van der Waals surface area contributed by atoms with Crippen molar-refractivity contribution in [2.24, 2.45) is 7.05 Å². The smallest absolute Gasteiger partial charge is 0.338 e.